The van der Waals surface area contributed by atoms with Gasteiger partial charge in [-0.1, -0.05) is 6.07 Å². The number of thiocarbonyl (C=S) groups is 1. The van der Waals surface area contributed by atoms with Crippen molar-refractivity contribution in [3.8, 4) is 11.5 Å². The summed E-state index contributed by atoms with van der Waals surface area (Å²) in [6.07, 6.45) is 0. The minimum absolute atomic E-state index is 0.466. The van der Waals surface area contributed by atoms with Crippen LogP contribution >= 0.6 is 12.2 Å². The molecular weight excluding hydrogens is 378 g/mol. The Hall–Kier alpha value is -2.65. The highest BCUT2D eigenvalue weighted by atomic mass is 32.1. The van der Waals surface area contributed by atoms with Crippen LogP contribution < -0.4 is 25.0 Å². The lowest BCUT2D eigenvalue weighted by atomic mass is 10.2. The van der Waals surface area contributed by atoms with E-state index in [2.05, 4.69) is 25.5 Å². The minimum atomic E-state index is 0.466. The third kappa shape index (κ3) is 4.60. The molecule has 1 aromatic carbocycles. The quantitative estimate of drug-likeness (QED) is 0.746. The average molecular weight is 401 g/mol. The Kier molecular flexibility index (Phi) is 5.73. The fourth-order valence-corrected chi connectivity index (χ4v) is 3.25. The first kappa shape index (κ1) is 18.7. The van der Waals surface area contributed by atoms with Crippen molar-refractivity contribution in [3.05, 3.63) is 35.5 Å². The standard InChI is InChI=1S/C19H23N5O3S/c1-13-10-17(24-4-6-25-7-5-24)22-18(21-13)23-19(28)20-12-14-2-3-15-16(11-14)27-9-8-26-15/h2-3,10-11H,4-9,12H2,1H3,(H2,20,21,22,23,28). The Morgan fingerprint density at radius 3 is 2.68 bits per heavy atom. The Labute approximate surface area is 169 Å². The van der Waals surface area contributed by atoms with Crippen molar-refractivity contribution in [2.45, 2.75) is 13.5 Å². The maximum Gasteiger partial charge on any atom is 0.231 e. The van der Waals surface area contributed by atoms with E-state index in [0.717, 1.165) is 41.7 Å². The molecule has 0 aliphatic carbocycles. The third-order valence-electron chi connectivity index (χ3n) is 4.46. The molecule has 0 amide bonds. The van der Waals surface area contributed by atoms with E-state index >= 15 is 0 Å². The number of aryl methyl sites for hydroxylation is 1. The van der Waals surface area contributed by atoms with Crippen molar-refractivity contribution in [1.82, 2.24) is 15.3 Å². The van der Waals surface area contributed by atoms with E-state index in [1.165, 1.54) is 0 Å². The van der Waals surface area contributed by atoms with Crippen LogP contribution in [0.4, 0.5) is 11.8 Å². The van der Waals surface area contributed by atoms with Gasteiger partial charge in [-0.3, -0.25) is 0 Å². The Morgan fingerprint density at radius 2 is 1.86 bits per heavy atom. The van der Waals surface area contributed by atoms with E-state index in [0.29, 0.717) is 44.0 Å². The molecule has 0 radical (unpaired) electrons. The molecule has 8 nitrogen and oxygen atoms in total. The van der Waals surface area contributed by atoms with Gasteiger partial charge in [0.25, 0.3) is 0 Å². The second kappa shape index (κ2) is 8.57. The van der Waals surface area contributed by atoms with Gasteiger partial charge in [-0.15, -0.1) is 0 Å². The van der Waals surface area contributed by atoms with Crippen molar-refractivity contribution in [2.75, 3.05) is 49.7 Å². The fraction of sp³-hybridized carbons (Fsp3) is 0.421. The largest absolute Gasteiger partial charge is 0.486 e. The molecule has 4 rings (SSSR count). The van der Waals surface area contributed by atoms with Crippen LogP contribution in [0.1, 0.15) is 11.3 Å². The predicted octanol–water partition coefficient (Wildman–Crippen LogP) is 1.88. The van der Waals surface area contributed by atoms with E-state index < -0.39 is 0 Å². The number of ether oxygens (including phenoxy) is 3. The minimum Gasteiger partial charge on any atom is -0.486 e. The van der Waals surface area contributed by atoms with Crippen LogP contribution in [0.3, 0.4) is 0 Å². The molecule has 0 unspecified atom stereocenters. The summed E-state index contributed by atoms with van der Waals surface area (Å²) in [5, 5.41) is 6.73. The van der Waals surface area contributed by atoms with Gasteiger partial charge in [0.15, 0.2) is 16.6 Å². The molecule has 1 aromatic heterocycles. The number of aromatic nitrogens is 2. The molecule has 2 aliphatic heterocycles. The molecule has 1 saturated heterocycles. The van der Waals surface area contributed by atoms with Crippen LogP contribution in [-0.4, -0.2) is 54.6 Å². The van der Waals surface area contributed by atoms with Gasteiger partial charge >= 0.3 is 0 Å². The molecule has 2 aliphatic rings. The first-order chi connectivity index (χ1) is 13.7. The lowest BCUT2D eigenvalue weighted by molar-refractivity contribution is 0.122. The third-order valence-corrected chi connectivity index (χ3v) is 4.71. The molecule has 9 heteroatoms. The number of benzene rings is 1. The van der Waals surface area contributed by atoms with E-state index in [-0.39, 0.29) is 0 Å². The van der Waals surface area contributed by atoms with Crippen molar-refractivity contribution in [1.29, 1.82) is 0 Å². The molecule has 2 aromatic rings. The van der Waals surface area contributed by atoms with E-state index in [1.54, 1.807) is 0 Å². The van der Waals surface area contributed by atoms with Crippen LogP contribution in [0.25, 0.3) is 0 Å². The molecule has 3 heterocycles. The van der Waals surface area contributed by atoms with E-state index in [1.807, 2.05) is 31.2 Å². The zero-order valence-electron chi connectivity index (χ0n) is 15.7. The van der Waals surface area contributed by atoms with Crippen LogP contribution in [-0.2, 0) is 11.3 Å². The zero-order chi connectivity index (χ0) is 19.3. The molecule has 0 bridgehead atoms. The highest BCUT2D eigenvalue weighted by Crippen LogP contribution is 2.30. The summed E-state index contributed by atoms with van der Waals surface area (Å²) in [4.78, 5) is 11.2. The summed E-state index contributed by atoms with van der Waals surface area (Å²) in [6.45, 7) is 6.72. The molecule has 148 valence electrons. The number of nitrogens with one attached hydrogen (secondary N) is 2. The molecular formula is C19H23N5O3S. The Bertz CT molecular complexity index is 857. The summed E-state index contributed by atoms with van der Waals surface area (Å²) >= 11 is 5.41. The van der Waals surface area contributed by atoms with Gasteiger partial charge in [-0.2, -0.15) is 4.98 Å². The molecule has 1 fully saturated rings. The van der Waals surface area contributed by atoms with Gasteiger partial charge in [0.2, 0.25) is 5.95 Å². The number of morpholine rings is 1. The average Bonchev–Trinajstić information content (AvgIpc) is 2.72. The second-order valence-corrected chi connectivity index (χ2v) is 6.98. The molecule has 0 atom stereocenters. The predicted molar refractivity (Wildman–Crippen MR) is 110 cm³/mol. The number of rotatable bonds is 4. The van der Waals surface area contributed by atoms with Crippen LogP contribution in [0.15, 0.2) is 24.3 Å². The lowest BCUT2D eigenvalue weighted by Gasteiger charge is -2.28. The number of fused-ring (bicyclic) bond motifs is 1. The summed E-state index contributed by atoms with van der Waals surface area (Å²) in [6, 6.07) is 7.84. The van der Waals surface area contributed by atoms with Crippen LogP contribution in [0.5, 0.6) is 11.5 Å². The van der Waals surface area contributed by atoms with Gasteiger partial charge in [-0.05, 0) is 36.8 Å². The number of nitrogens with zero attached hydrogens (tertiary/aromatic N) is 3. The van der Waals surface area contributed by atoms with Gasteiger partial charge < -0.3 is 29.7 Å². The molecule has 0 saturated carbocycles. The van der Waals surface area contributed by atoms with Crippen molar-refractivity contribution < 1.29 is 14.2 Å². The smallest absolute Gasteiger partial charge is 0.231 e. The SMILES string of the molecule is Cc1cc(N2CCOCC2)nc(NC(=S)NCc2ccc3c(c2)OCCO3)n1. The maximum atomic E-state index is 5.62. The Balaban J connectivity index is 1.36. The monoisotopic (exact) mass is 401 g/mol. The normalized spacial score (nSPS) is 15.8. The highest BCUT2D eigenvalue weighted by molar-refractivity contribution is 7.80. The first-order valence-corrected chi connectivity index (χ1v) is 9.70. The van der Waals surface area contributed by atoms with Crippen molar-refractivity contribution in [2.24, 2.45) is 0 Å². The zero-order valence-corrected chi connectivity index (χ0v) is 16.6. The number of anilines is 2. The summed E-state index contributed by atoms with van der Waals surface area (Å²) in [5.74, 6) is 2.91. The Morgan fingerprint density at radius 1 is 1.07 bits per heavy atom. The lowest BCUT2D eigenvalue weighted by Crippen LogP contribution is -2.37. The maximum absolute atomic E-state index is 5.62. The molecule has 28 heavy (non-hydrogen) atoms. The van der Waals surface area contributed by atoms with Gasteiger partial charge in [0.1, 0.15) is 19.0 Å². The van der Waals surface area contributed by atoms with E-state index in [4.69, 9.17) is 26.4 Å². The first-order valence-electron chi connectivity index (χ1n) is 9.29. The summed E-state index contributed by atoms with van der Waals surface area (Å²) in [5.41, 5.74) is 1.93. The molecule has 2 N–H and O–H groups in total. The van der Waals surface area contributed by atoms with Gasteiger partial charge in [0, 0.05) is 31.4 Å². The number of hydrogen-bond acceptors (Lipinski definition) is 7. The van der Waals surface area contributed by atoms with E-state index in [9.17, 15) is 0 Å². The van der Waals surface area contributed by atoms with Gasteiger partial charge in [0.05, 0.1) is 13.2 Å². The van der Waals surface area contributed by atoms with Crippen LogP contribution in [0.2, 0.25) is 0 Å². The molecule has 0 spiro atoms. The van der Waals surface area contributed by atoms with Crippen molar-refractivity contribution in [3.63, 3.8) is 0 Å². The second-order valence-electron chi connectivity index (χ2n) is 6.58. The highest BCUT2D eigenvalue weighted by Gasteiger charge is 2.15. The fourth-order valence-electron chi connectivity index (χ4n) is 3.09. The van der Waals surface area contributed by atoms with Gasteiger partial charge in [-0.25, -0.2) is 4.98 Å². The summed E-state index contributed by atoms with van der Waals surface area (Å²) in [7, 11) is 0. The topological polar surface area (TPSA) is 80.8 Å². The number of hydrogen-bond donors (Lipinski definition) is 2. The summed E-state index contributed by atoms with van der Waals surface area (Å²) < 4.78 is 16.6. The van der Waals surface area contributed by atoms with Crippen LogP contribution in [0, 0.1) is 6.92 Å². The van der Waals surface area contributed by atoms with Crippen molar-refractivity contribution >= 4 is 29.1 Å².